The van der Waals surface area contributed by atoms with Crippen LogP contribution in [0.5, 0.6) is 0 Å². The van der Waals surface area contributed by atoms with E-state index in [4.69, 9.17) is 23.2 Å². The number of aliphatic hydroxyl groups is 1. The van der Waals surface area contributed by atoms with E-state index in [9.17, 15) is 14.7 Å². The lowest BCUT2D eigenvalue weighted by Crippen LogP contribution is -2.32. The monoisotopic (exact) mass is 361 g/mol. The topological polar surface area (TPSA) is 57.6 Å². The van der Waals surface area contributed by atoms with Crippen molar-refractivity contribution in [3.05, 3.63) is 68.9 Å². The lowest BCUT2D eigenvalue weighted by Gasteiger charge is -2.17. The summed E-state index contributed by atoms with van der Waals surface area (Å²) in [6, 6.07) is 9.84. The molecule has 2 amide bonds. The molecule has 0 spiro atoms. The average Bonchev–Trinajstić information content (AvgIpc) is 2.71. The van der Waals surface area contributed by atoms with Crippen molar-refractivity contribution >= 4 is 46.3 Å². The minimum atomic E-state index is -0.770. The highest BCUT2D eigenvalue weighted by Crippen LogP contribution is 2.36. The van der Waals surface area contributed by atoms with Gasteiger partial charge in [-0.25, -0.2) is 4.90 Å². The molecule has 0 aromatic heterocycles. The van der Waals surface area contributed by atoms with E-state index >= 15 is 0 Å². The molecule has 0 radical (unpaired) electrons. The molecule has 1 N–H and O–H groups in total. The molecule has 0 saturated carbocycles. The summed E-state index contributed by atoms with van der Waals surface area (Å²) in [7, 11) is 0. The Kier molecular flexibility index (Phi) is 4.11. The van der Waals surface area contributed by atoms with Crippen LogP contribution in [-0.2, 0) is 9.59 Å². The minimum absolute atomic E-state index is 0.123. The van der Waals surface area contributed by atoms with Gasteiger partial charge in [-0.1, -0.05) is 47.0 Å². The van der Waals surface area contributed by atoms with E-state index in [1.165, 1.54) is 12.1 Å². The Balaban J connectivity index is 2.11. The zero-order valence-corrected chi connectivity index (χ0v) is 14.4. The summed E-state index contributed by atoms with van der Waals surface area (Å²) in [5.41, 5.74) is 2.34. The molecule has 24 heavy (non-hydrogen) atoms. The lowest BCUT2D eigenvalue weighted by atomic mass is 10.1. The number of aryl methyl sites for hydroxylation is 2. The number of hydrogen-bond donors (Lipinski definition) is 1. The summed E-state index contributed by atoms with van der Waals surface area (Å²) in [6.07, 6.45) is 0. The third-order valence-electron chi connectivity index (χ3n) is 3.85. The number of imide groups is 1. The standard InChI is InChI=1S/C18H13Cl2NO3/c1-9-3-6-14(10(2)7-9)21-17(23)15(16(22)18(21)24)12-5-4-11(19)8-13(12)20/h3-8,22H,1-2H3. The van der Waals surface area contributed by atoms with Gasteiger partial charge in [-0.05, 0) is 37.6 Å². The number of anilines is 1. The molecule has 3 rings (SSSR count). The largest absolute Gasteiger partial charge is 0.502 e. The summed E-state index contributed by atoms with van der Waals surface area (Å²) in [4.78, 5) is 26.2. The van der Waals surface area contributed by atoms with E-state index in [0.29, 0.717) is 10.7 Å². The molecule has 0 atom stereocenters. The van der Waals surface area contributed by atoms with Gasteiger partial charge in [-0.15, -0.1) is 0 Å². The Morgan fingerprint density at radius 1 is 0.958 bits per heavy atom. The van der Waals surface area contributed by atoms with Crippen LogP contribution in [0.25, 0.3) is 5.57 Å². The molecule has 122 valence electrons. The van der Waals surface area contributed by atoms with Crippen molar-refractivity contribution in [2.45, 2.75) is 13.8 Å². The van der Waals surface area contributed by atoms with Gasteiger partial charge in [0.05, 0.1) is 16.3 Å². The van der Waals surface area contributed by atoms with Gasteiger partial charge < -0.3 is 5.11 Å². The third-order valence-corrected chi connectivity index (χ3v) is 4.40. The SMILES string of the molecule is Cc1ccc(N2C(=O)C(O)=C(c3ccc(Cl)cc3Cl)C2=O)c(C)c1. The normalized spacial score (nSPS) is 14.8. The summed E-state index contributed by atoms with van der Waals surface area (Å²) in [5, 5.41) is 10.8. The summed E-state index contributed by atoms with van der Waals surface area (Å²) in [6.45, 7) is 3.71. The first-order valence-corrected chi connectivity index (χ1v) is 7.91. The molecular weight excluding hydrogens is 349 g/mol. The molecule has 0 bridgehead atoms. The van der Waals surface area contributed by atoms with E-state index < -0.39 is 17.6 Å². The first-order chi connectivity index (χ1) is 11.3. The number of carbonyl (C=O) groups excluding carboxylic acids is 2. The second-order valence-electron chi connectivity index (χ2n) is 5.58. The number of rotatable bonds is 2. The first-order valence-electron chi connectivity index (χ1n) is 7.16. The number of halogens is 2. The Hall–Kier alpha value is -2.30. The van der Waals surface area contributed by atoms with E-state index in [0.717, 1.165) is 16.0 Å². The fourth-order valence-electron chi connectivity index (χ4n) is 2.73. The van der Waals surface area contributed by atoms with Crippen LogP contribution in [0.3, 0.4) is 0 Å². The average molecular weight is 362 g/mol. The van der Waals surface area contributed by atoms with Crippen LogP contribution >= 0.6 is 23.2 Å². The van der Waals surface area contributed by atoms with Crippen LogP contribution in [0.1, 0.15) is 16.7 Å². The molecule has 1 heterocycles. The molecule has 0 aliphatic carbocycles. The van der Waals surface area contributed by atoms with Gasteiger partial charge in [-0.3, -0.25) is 9.59 Å². The van der Waals surface area contributed by atoms with E-state index in [2.05, 4.69) is 0 Å². The lowest BCUT2D eigenvalue weighted by molar-refractivity contribution is -0.121. The van der Waals surface area contributed by atoms with Crippen molar-refractivity contribution in [2.75, 3.05) is 4.90 Å². The molecule has 6 heteroatoms. The van der Waals surface area contributed by atoms with Crippen molar-refractivity contribution in [2.24, 2.45) is 0 Å². The summed E-state index contributed by atoms with van der Waals surface area (Å²) < 4.78 is 0. The Bertz CT molecular complexity index is 918. The van der Waals surface area contributed by atoms with Crippen LogP contribution in [0.2, 0.25) is 10.0 Å². The zero-order chi connectivity index (χ0) is 17.6. The summed E-state index contributed by atoms with van der Waals surface area (Å²) >= 11 is 12.0. The van der Waals surface area contributed by atoms with Crippen LogP contribution in [-0.4, -0.2) is 16.9 Å². The maximum absolute atomic E-state index is 12.8. The van der Waals surface area contributed by atoms with Gasteiger partial charge in [0.15, 0.2) is 5.76 Å². The summed E-state index contributed by atoms with van der Waals surface area (Å²) in [5.74, 6) is -2.01. The molecule has 0 fully saturated rings. The second-order valence-corrected chi connectivity index (χ2v) is 6.43. The van der Waals surface area contributed by atoms with Crippen LogP contribution in [0.4, 0.5) is 5.69 Å². The highest BCUT2D eigenvalue weighted by Gasteiger charge is 2.41. The van der Waals surface area contributed by atoms with Gasteiger partial charge in [0.25, 0.3) is 5.91 Å². The fraction of sp³-hybridized carbons (Fsp3) is 0.111. The molecule has 2 aromatic rings. The molecule has 2 aromatic carbocycles. The predicted molar refractivity (Wildman–Crippen MR) is 94.4 cm³/mol. The number of hydrogen-bond acceptors (Lipinski definition) is 3. The number of nitrogens with zero attached hydrogens (tertiary/aromatic N) is 1. The van der Waals surface area contributed by atoms with E-state index in [-0.39, 0.29) is 16.2 Å². The Labute approximate surface area is 148 Å². The maximum atomic E-state index is 12.8. The number of benzene rings is 2. The number of amides is 2. The van der Waals surface area contributed by atoms with Crippen molar-refractivity contribution in [3.63, 3.8) is 0 Å². The van der Waals surface area contributed by atoms with Crippen LogP contribution in [0, 0.1) is 13.8 Å². The fourth-order valence-corrected chi connectivity index (χ4v) is 3.23. The maximum Gasteiger partial charge on any atom is 0.301 e. The second kappa shape index (κ2) is 5.96. The molecule has 0 unspecified atom stereocenters. The van der Waals surface area contributed by atoms with Gasteiger partial charge in [-0.2, -0.15) is 0 Å². The predicted octanol–water partition coefficient (Wildman–Crippen LogP) is 4.45. The van der Waals surface area contributed by atoms with Crippen LogP contribution < -0.4 is 4.90 Å². The van der Waals surface area contributed by atoms with Gasteiger partial charge in [0.1, 0.15) is 0 Å². The Morgan fingerprint density at radius 3 is 2.29 bits per heavy atom. The molecule has 1 aliphatic rings. The van der Waals surface area contributed by atoms with Crippen molar-refractivity contribution < 1.29 is 14.7 Å². The smallest absolute Gasteiger partial charge is 0.301 e. The van der Waals surface area contributed by atoms with Gasteiger partial charge >= 0.3 is 5.91 Å². The highest BCUT2D eigenvalue weighted by atomic mass is 35.5. The van der Waals surface area contributed by atoms with Crippen molar-refractivity contribution in [3.8, 4) is 0 Å². The number of carbonyl (C=O) groups is 2. The Morgan fingerprint density at radius 2 is 1.67 bits per heavy atom. The van der Waals surface area contributed by atoms with E-state index in [1.54, 1.807) is 25.1 Å². The minimum Gasteiger partial charge on any atom is -0.502 e. The molecule has 4 nitrogen and oxygen atoms in total. The van der Waals surface area contributed by atoms with Crippen LogP contribution in [0.15, 0.2) is 42.2 Å². The number of aliphatic hydroxyl groups excluding tert-OH is 1. The zero-order valence-electron chi connectivity index (χ0n) is 12.9. The molecular formula is C18H13Cl2NO3. The van der Waals surface area contributed by atoms with Crippen molar-refractivity contribution in [1.29, 1.82) is 0 Å². The van der Waals surface area contributed by atoms with Crippen molar-refractivity contribution in [1.82, 2.24) is 0 Å². The molecule has 0 saturated heterocycles. The van der Waals surface area contributed by atoms with E-state index in [1.807, 2.05) is 13.0 Å². The first kappa shape index (κ1) is 16.6. The third kappa shape index (κ3) is 2.58. The highest BCUT2D eigenvalue weighted by molar-refractivity contribution is 6.47. The quantitative estimate of drug-likeness (QED) is 0.803. The van der Waals surface area contributed by atoms with Gasteiger partial charge in [0.2, 0.25) is 0 Å². The molecule has 1 aliphatic heterocycles. The van der Waals surface area contributed by atoms with Gasteiger partial charge in [0, 0.05) is 10.6 Å².